The van der Waals surface area contributed by atoms with Gasteiger partial charge < -0.3 is 10.8 Å². The Hall–Kier alpha value is -2.19. The highest BCUT2D eigenvalue weighted by Crippen LogP contribution is 2.17. The fraction of sp³-hybridized carbons (Fsp3) is 0.0909. The molecule has 0 fully saturated rings. The summed E-state index contributed by atoms with van der Waals surface area (Å²) < 4.78 is 2.50. The molecule has 104 valence electrons. The van der Waals surface area contributed by atoms with Gasteiger partial charge in [-0.1, -0.05) is 11.6 Å². The van der Waals surface area contributed by atoms with Gasteiger partial charge in [0.05, 0.1) is 10.6 Å². The van der Waals surface area contributed by atoms with Crippen molar-refractivity contribution >= 4 is 34.9 Å². The van der Waals surface area contributed by atoms with Crippen molar-refractivity contribution in [2.75, 3.05) is 0 Å². The zero-order valence-corrected chi connectivity index (χ0v) is 11.9. The highest BCUT2D eigenvalue weighted by Gasteiger charge is 2.17. The molecule has 0 aliphatic rings. The first-order valence-electron chi connectivity index (χ1n) is 5.37. The largest absolute Gasteiger partial charge is 0.486 e. The number of rotatable bonds is 2. The van der Waals surface area contributed by atoms with Crippen LogP contribution < -0.4 is 11.2 Å². The average Bonchev–Trinajstić information content (AvgIpc) is 2.82. The molecule has 0 aliphatic heterocycles. The van der Waals surface area contributed by atoms with Crippen molar-refractivity contribution in [2.24, 2.45) is 5.73 Å². The van der Waals surface area contributed by atoms with E-state index in [0.29, 0.717) is 5.56 Å². The number of amides is 1. The number of carbonyl (C=O) groups excluding carboxylic acids is 1. The number of nitrogens with two attached hydrogens (primary N) is 1. The van der Waals surface area contributed by atoms with Crippen molar-refractivity contribution < 1.29 is 9.90 Å². The Balaban J connectivity index is 2.78. The number of pyridine rings is 1. The molecule has 2 aromatic rings. The number of aliphatic hydroxyl groups excluding tert-OH is 1. The molecule has 20 heavy (non-hydrogen) atoms. The maximum Gasteiger partial charge on any atom is 0.268 e. The van der Waals surface area contributed by atoms with Gasteiger partial charge in [0.15, 0.2) is 0 Å². The number of aliphatic hydroxyl groups is 1. The quantitative estimate of drug-likeness (QED) is 0.716. The fourth-order valence-corrected chi connectivity index (χ4v) is 2.28. The minimum atomic E-state index is -0.714. The third-order valence-corrected chi connectivity index (χ3v) is 3.22. The van der Waals surface area contributed by atoms with Crippen molar-refractivity contribution in [3.05, 3.63) is 40.2 Å². The first-order chi connectivity index (χ1) is 9.34. The van der Waals surface area contributed by atoms with Crippen LogP contribution in [0.4, 0.5) is 0 Å². The van der Waals surface area contributed by atoms with Gasteiger partial charge in [0.25, 0.3) is 11.1 Å². The number of imidazole rings is 1. The number of hydrogen-bond donors (Lipinski definition) is 3. The fourth-order valence-electron chi connectivity index (χ4n) is 1.80. The van der Waals surface area contributed by atoms with Crippen molar-refractivity contribution in [2.45, 2.75) is 6.92 Å². The number of aromatic nitrogens is 3. The Morgan fingerprint density at radius 2 is 2.25 bits per heavy atom. The number of thiocarbonyl (C=S) groups is 1. The molecule has 0 saturated carbocycles. The van der Waals surface area contributed by atoms with Crippen molar-refractivity contribution in [3.63, 3.8) is 0 Å². The van der Waals surface area contributed by atoms with E-state index in [1.807, 2.05) is 0 Å². The molecule has 2 heterocycles. The molecule has 9 heteroatoms. The van der Waals surface area contributed by atoms with E-state index in [2.05, 4.69) is 17.2 Å². The van der Waals surface area contributed by atoms with Crippen LogP contribution >= 0.6 is 23.8 Å². The number of hydrogen-bond acceptors (Lipinski definition) is 4. The predicted octanol–water partition coefficient (Wildman–Crippen LogP) is 0.905. The molecule has 0 radical (unpaired) electrons. The van der Waals surface area contributed by atoms with Gasteiger partial charge in [-0.3, -0.25) is 14.8 Å². The van der Waals surface area contributed by atoms with Crippen LogP contribution in [0.15, 0.2) is 18.6 Å². The van der Waals surface area contributed by atoms with Gasteiger partial charge >= 0.3 is 0 Å². The summed E-state index contributed by atoms with van der Waals surface area (Å²) in [6.07, 6.45) is 4.18. The lowest BCUT2D eigenvalue weighted by atomic mass is 10.1. The molecule has 7 nitrogen and oxygen atoms in total. The lowest BCUT2D eigenvalue weighted by Gasteiger charge is -2.12. The number of primary amides is 1. The topological polar surface area (TPSA) is 110 Å². The maximum absolute atomic E-state index is 11.3. The average molecular weight is 312 g/mol. The molecule has 0 saturated heterocycles. The molecule has 4 N–H and O–H groups in total. The number of halogens is 1. The number of nitrogens with one attached hydrogen (secondary N) is 1. The molecular formula is C11H10ClN5O2S. The molecular weight excluding hydrogens is 302 g/mol. The third kappa shape index (κ3) is 2.19. The Bertz CT molecular complexity index is 780. The lowest BCUT2D eigenvalue weighted by molar-refractivity contribution is 0.0999. The lowest BCUT2D eigenvalue weighted by Crippen LogP contribution is -2.29. The predicted molar refractivity (Wildman–Crippen MR) is 76.3 cm³/mol. The van der Waals surface area contributed by atoms with Crippen LogP contribution in [0.5, 0.6) is 0 Å². The minimum Gasteiger partial charge on any atom is -0.486 e. The van der Waals surface area contributed by atoms with E-state index in [1.54, 1.807) is 6.92 Å². The molecule has 0 aromatic carbocycles. The third-order valence-electron chi connectivity index (χ3n) is 2.74. The molecule has 0 aliphatic carbocycles. The van der Waals surface area contributed by atoms with Gasteiger partial charge in [-0.05, 0) is 19.1 Å². The summed E-state index contributed by atoms with van der Waals surface area (Å²) >= 11 is 10.7. The molecule has 2 aromatic heterocycles. The van der Waals surface area contributed by atoms with Crippen molar-refractivity contribution in [3.8, 4) is 5.95 Å². The van der Waals surface area contributed by atoms with E-state index < -0.39 is 11.1 Å². The van der Waals surface area contributed by atoms with Crippen LogP contribution in [0.3, 0.4) is 0 Å². The SMILES string of the molecule is Cc1c(C(N)=O)c(Cl)cn(-c2nccn2C(O)=S)c1=N. The summed E-state index contributed by atoms with van der Waals surface area (Å²) in [5.41, 5.74) is 5.59. The van der Waals surface area contributed by atoms with Gasteiger partial charge in [-0.25, -0.2) is 9.55 Å². The highest BCUT2D eigenvalue weighted by molar-refractivity contribution is 7.80. The Kier molecular flexibility index (Phi) is 3.60. The zero-order valence-electron chi connectivity index (χ0n) is 10.3. The van der Waals surface area contributed by atoms with Crippen molar-refractivity contribution in [1.82, 2.24) is 14.1 Å². The highest BCUT2D eigenvalue weighted by atomic mass is 35.5. The summed E-state index contributed by atoms with van der Waals surface area (Å²) in [7, 11) is 0. The van der Waals surface area contributed by atoms with Gasteiger partial charge in [0, 0.05) is 24.2 Å². The summed E-state index contributed by atoms with van der Waals surface area (Å²) in [4.78, 5) is 15.3. The standard InChI is InChI=1S/C11H10ClN5O2S/c1-5-7(9(14)18)6(12)4-17(8(5)13)10-15-2-3-16(10)11(19)20/h2-4,13H,1H3,(H2,14,18)(H,19,20). The van der Waals surface area contributed by atoms with Crippen LogP contribution in [0.25, 0.3) is 5.95 Å². The van der Waals surface area contributed by atoms with E-state index in [-0.39, 0.29) is 22.0 Å². The zero-order chi connectivity index (χ0) is 15.0. The first-order valence-corrected chi connectivity index (χ1v) is 6.16. The van der Waals surface area contributed by atoms with Crippen LogP contribution in [0.2, 0.25) is 5.02 Å². The molecule has 1 amide bonds. The molecule has 2 rings (SSSR count). The second-order valence-electron chi connectivity index (χ2n) is 3.94. The molecule has 0 atom stereocenters. The van der Waals surface area contributed by atoms with E-state index in [9.17, 15) is 9.90 Å². The maximum atomic E-state index is 11.3. The van der Waals surface area contributed by atoms with Crippen LogP contribution in [0, 0.1) is 12.3 Å². The molecule has 0 spiro atoms. The number of nitrogens with zero attached hydrogens (tertiary/aromatic N) is 3. The normalized spacial score (nSPS) is 10.5. The Morgan fingerprint density at radius 1 is 1.60 bits per heavy atom. The number of carbonyl (C=O) groups is 1. The van der Waals surface area contributed by atoms with Crippen LogP contribution in [-0.4, -0.2) is 30.3 Å². The van der Waals surface area contributed by atoms with E-state index in [1.165, 1.54) is 27.7 Å². The smallest absolute Gasteiger partial charge is 0.268 e. The summed E-state index contributed by atoms with van der Waals surface area (Å²) in [6.45, 7) is 1.55. The summed E-state index contributed by atoms with van der Waals surface area (Å²) in [5.74, 6) is -0.530. The Morgan fingerprint density at radius 3 is 2.80 bits per heavy atom. The second kappa shape index (κ2) is 5.06. The second-order valence-corrected chi connectivity index (χ2v) is 4.71. The van der Waals surface area contributed by atoms with Gasteiger partial charge in [0.1, 0.15) is 5.49 Å². The summed E-state index contributed by atoms with van der Waals surface area (Å²) in [6, 6.07) is 0. The van der Waals surface area contributed by atoms with Gasteiger partial charge in [-0.15, -0.1) is 0 Å². The van der Waals surface area contributed by atoms with Crippen LogP contribution in [0.1, 0.15) is 15.9 Å². The molecule has 0 unspecified atom stereocenters. The van der Waals surface area contributed by atoms with Gasteiger partial charge in [0.2, 0.25) is 5.95 Å². The minimum absolute atomic E-state index is 0.0353. The Labute approximate surface area is 123 Å². The van der Waals surface area contributed by atoms with E-state index >= 15 is 0 Å². The van der Waals surface area contributed by atoms with Gasteiger partial charge in [-0.2, -0.15) is 0 Å². The van der Waals surface area contributed by atoms with E-state index in [0.717, 1.165) is 0 Å². The van der Waals surface area contributed by atoms with Crippen LogP contribution in [-0.2, 0) is 0 Å². The van der Waals surface area contributed by atoms with Crippen molar-refractivity contribution in [1.29, 1.82) is 5.41 Å². The van der Waals surface area contributed by atoms with E-state index in [4.69, 9.17) is 22.7 Å². The summed E-state index contributed by atoms with van der Waals surface area (Å²) in [5, 5.41) is 17.1. The monoisotopic (exact) mass is 311 g/mol. The first kappa shape index (κ1) is 14.2. The molecule has 0 bridgehead atoms.